The molecule has 174 valence electrons. The molecule has 0 radical (unpaired) electrons. The number of nitrogens with one attached hydrogen (secondary N) is 1. The highest BCUT2D eigenvalue weighted by Crippen LogP contribution is 2.28. The fourth-order valence-electron chi connectivity index (χ4n) is 3.81. The van der Waals surface area contributed by atoms with Gasteiger partial charge in [-0.15, -0.1) is 0 Å². The minimum atomic E-state index is -0.220. The van der Waals surface area contributed by atoms with Crippen LogP contribution in [0.4, 0.5) is 5.69 Å². The molecule has 0 aliphatic heterocycles. The molecule has 0 saturated heterocycles. The molecule has 0 spiro atoms. The van der Waals surface area contributed by atoms with Crippen molar-refractivity contribution in [2.45, 2.75) is 26.4 Å². The third kappa shape index (κ3) is 5.25. The Morgan fingerprint density at radius 1 is 0.914 bits per heavy atom. The van der Waals surface area contributed by atoms with E-state index in [2.05, 4.69) is 36.3 Å². The highest BCUT2D eigenvalue weighted by Gasteiger charge is 2.12. The van der Waals surface area contributed by atoms with Crippen LogP contribution in [0.2, 0.25) is 0 Å². The molecule has 5 aromatic rings. The summed E-state index contributed by atoms with van der Waals surface area (Å²) in [5.74, 6) is 1.45. The summed E-state index contributed by atoms with van der Waals surface area (Å²) in [6.07, 6.45) is 0. The first-order chi connectivity index (χ1) is 17.0. The fourth-order valence-corrected chi connectivity index (χ4v) is 3.81. The van der Waals surface area contributed by atoms with Gasteiger partial charge in [-0.1, -0.05) is 62.4 Å². The molecule has 1 amide bonds. The average Bonchev–Trinajstić information content (AvgIpc) is 3.32. The normalized spacial score (nSPS) is 11.1. The Balaban J connectivity index is 1.29. The van der Waals surface area contributed by atoms with Gasteiger partial charge in [-0.3, -0.25) is 4.79 Å². The summed E-state index contributed by atoms with van der Waals surface area (Å²) in [5, 5.41) is 2.94. The van der Waals surface area contributed by atoms with Crippen LogP contribution in [0, 0.1) is 0 Å². The van der Waals surface area contributed by atoms with Crippen LogP contribution >= 0.6 is 0 Å². The quantitative estimate of drug-likeness (QED) is 0.273. The van der Waals surface area contributed by atoms with Gasteiger partial charge in [-0.2, -0.15) is 0 Å². The topological polar surface area (TPSA) is 64.4 Å². The first kappa shape index (κ1) is 22.4. The Morgan fingerprint density at radius 2 is 1.71 bits per heavy atom. The summed E-state index contributed by atoms with van der Waals surface area (Å²) in [6, 6.07) is 30.8. The van der Waals surface area contributed by atoms with Crippen molar-refractivity contribution >= 4 is 22.7 Å². The van der Waals surface area contributed by atoms with Gasteiger partial charge in [0.05, 0.1) is 0 Å². The number of benzene rings is 4. The number of carbonyl (C=O) groups is 1. The zero-order valence-electron chi connectivity index (χ0n) is 19.7. The maximum absolute atomic E-state index is 12.9. The number of rotatable bonds is 7. The van der Waals surface area contributed by atoms with Gasteiger partial charge < -0.3 is 14.5 Å². The number of hydrogen-bond acceptors (Lipinski definition) is 4. The van der Waals surface area contributed by atoms with Crippen molar-refractivity contribution in [2.24, 2.45) is 0 Å². The Kier molecular flexibility index (Phi) is 6.31. The van der Waals surface area contributed by atoms with E-state index in [9.17, 15) is 4.79 Å². The number of ether oxygens (including phenoxy) is 1. The molecular formula is C30H26N2O3. The maximum Gasteiger partial charge on any atom is 0.255 e. The molecule has 4 aromatic carbocycles. The summed E-state index contributed by atoms with van der Waals surface area (Å²) < 4.78 is 11.8. The fraction of sp³-hybridized carbons (Fsp3) is 0.133. The zero-order chi connectivity index (χ0) is 24.2. The molecule has 0 aliphatic carbocycles. The SMILES string of the molecule is CC(C)c1ccc(-c2nc3cc(NC(=O)c4cccc(OCc5ccccc5)c4)ccc3o2)cc1. The average molecular weight is 463 g/mol. The number of hydrogen-bond donors (Lipinski definition) is 1. The lowest BCUT2D eigenvalue weighted by Gasteiger charge is -2.09. The molecule has 0 atom stereocenters. The Bertz CT molecular complexity index is 1450. The summed E-state index contributed by atoms with van der Waals surface area (Å²) in [4.78, 5) is 17.5. The number of oxazole rings is 1. The number of carbonyl (C=O) groups excluding carboxylic acids is 1. The predicted octanol–water partition coefficient (Wildman–Crippen LogP) is 7.45. The molecule has 0 aliphatic rings. The predicted molar refractivity (Wildman–Crippen MR) is 139 cm³/mol. The summed E-state index contributed by atoms with van der Waals surface area (Å²) >= 11 is 0. The van der Waals surface area contributed by atoms with Gasteiger partial charge in [-0.25, -0.2) is 4.98 Å². The number of fused-ring (bicyclic) bond motifs is 1. The highest BCUT2D eigenvalue weighted by molar-refractivity contribution is 6.05. The van der Waals surface area contributed by atoms with Crippen LogP contribution in [0.1, 0.15) is 41.3 Å². The van der Waals surface area contributed by atoms with E-state index < -0.39 is 0 Å². The van der Waals surface area contributed by atoms with Crippen LogP contribution in [0.5, 0.6) is 5.75 Å². The molecule has 0 bridgehead atoms. The van der Waals surface area contributed by atoms with E-state index in [1.165, 1.54) is 5.56 Å². The standard InChI is InChI=1S/C30H26N2O3/c1-20(2)22-11-13-23(14-12-22)30-32-27-18-25(15-16-28(27)35-30)31-29(33)24-9-6-10-26(17-24)34-19-21-7-4-3-5-8-21/h3-18,20H,19H2,1-2H3,(H,31,33). The third-order valence-electron chi connectivity index (χ3n) is 5.81. The van der Waals surface area contributed by atoms with E-state index >= 15 is 0 Å². The molecule has 0 unspecified atom stereocenters. The second kappa shape index (κ2) is 9.85. The van der Waals surface area contributed by atoms with E-state index in [0.29, 0.717) is 46.5 Å². The molecule has 1 aromatic heterocycles. The molecule has 0 fully saturated rings. The van der Waals surface area contributed by atoms with Crippen molar-refractivity contribution in [3.05, 3.63) is 114 Å². The van der Waals surface area contributed by atoms with Crippen molar-refractivity contribution in [1.82, 2.24) is 4.98 Å². The van der Waals surface area contributed by atoms with E-state index in [-0.39, 0.29) is 5.91 Å². The summed E-state index contributed by atoms with van der Waals surface area (Å²) in [7, 11) is 0. The first-order valence-corrected chi connectivity index (χ1v) is 11.6. The molecule has 5 nitrogen and oxygen atoms in total. The minimum Gasteiger partial charge on any atom is -0.489 e. The van der Waals surface area contributed by atoms with E-state index in [1.807, 2.05) is 72.8 Å². The lowest BCUT2D eigenvalue weighted by atomic mass is 10.0. The Labute approximate surface area is 204 Å². The largest absolute Gasteiger partial charge is 0.489 e. The second-order valence-electron chi connectivity index (χ2n) is 8.73. The molecule has 1 N–H and O–H groups in total. The monoisotopic (exact) mass is 462 g/mol. The Hall–Kier alpha value is -4.38. The van der Waals surface area contributed by atoms with Gasteiger partial charge in [0.1, 0.15) is 17.9 Å². The zero-order valence-corrected chi connectivity index (χ0v) is 19.7. The first-order valence-electron chi connectivity index (χ1n) is 11.6. The maximum atomic E-state index is 12.9. The molecule has 1 heterocycles. The molecule has 5 heteroatoms. The lowest BCUT2D eigenvalue weighted by molar-refractivity contribution is 0.102. The van der Waals surface area contributed by atoms with Gasteiger partial charge >= 0.3 is 0 Å². The van der Waals surface area contributed by atoms with E-state index in [0.717, 1.165) is 11.1 Å². The number of amides is 1. The van der Waals surface area contributed by atoms with E-state index in [1.54, 1.807) is 12.1 Å². The van der Waals surface area contributed by atoms with Gasteiger partial charge in [0.25, 0.3) is 5.91 Å². The summed E-state index contributed by atoms with van der Waals surface area (Å²) in [5.41, 5.74) is 5.77. The Morgan fingerprint density at radius 3 is 2.49 bits per heavy atom. The van der Waals surface area contributed by atoms with Crippen molar-refractivity contribution in [3.63, 3.8) is 0 Å². The summed E-state index contributed by atoms with van der Waals surface area (Å²) in [6.45, 7) is 4.77. The van der Waals surface area contributed by atoms with Gasteiger partial charge in [0.2, 0.25) is 5.89 Å². The van der Waals surface area contributed by atoms with Crippen molar-refractivity contribution in [2.75, 3.05) is 5.32 Å². The van der Waals surface area contributed by atoms with Crippen molar-refractivity contribution in [3.8, 4) is 17.2 Å². The van der Waals surface area contributed by atoms with Crippen LogP contribution in [-0.4, -0.2) is 10.9 Å². The van der Waals surface area contributed by atoms with Crippen LogP contribution < -0.4 is 10.1 Å². The van der Waals surface area contributed by atoms with Gasteiger partial charge in [0, 0.05) is 16.8 Å². The minimum absolute atomic E-state index is 0.220. The smallest absolute Gasteiger partial charge is 0.255 e. The number of aromatic nitrogens is 1. The number of anilines is 1. The molecule has 0 saturated carbocycles. The molecular weight excluding hydrogens is 436 g/mol. The van der Waals surface area contributed by atoms with Crippen molar-refractivity contribution < 1.29 is 13.9 Å². The van der Waals surface area contributed by atoms with Crippen LogP contribution in [0.3, 0.4) is 0 Å². The van der Waals surface area contributed by atoms with E-state index in [4.69, 9.17) is 9.15 Å². The molecule has 35 heavy (non-hydrogen) atoms. The molecule has 5 rings (SSSR count). The third-order valence-corrected chi connectivity index (χ3v) is 5.81. The lowest BCUT2D eigenvalue weighted by Crippen LogP contribution is -2.12. The van der Waals surface area contributed by atoms with Gasteiger partial charge in [0.15, 0.2) is 5.58 Å². The van der Waals surface area contributed by atoms with Crippen LogP contribution in [-0.2, 0) is 6.61 Å². The number of nitrogens with zero attached hydrogens (tertiary/aromatic N) is 1. The van der Waals surface area contributed by atoms with Gasteiger partial charge in [-0.05, 0) is 65.6 Å². The second-order valence-corrected chi connectivity index (χ2v) is 8.73. The van der Waals surface area contributed by atoms with Crippen LogP contribution in [0.15, 0.2) is 101 Å². The van der Waals surface area contributed by atoms with Crippen molar-refractivity contribution in [1.29, 1.82) is 0 Å². The highest BCUT2D eigenvalue weighted by atomic mass is 16.5. The van der Waals surface area contributed by atoms with Crippen LogP contribution in [0.25, 0.3) is 22.6 Å².